The zero-order valence-corrected chi connectivity index (χ0v) is 19.2. The first-order chi connectivity index (χ1) is 14.1. The molecule has 0 bridgehead atoms. The standard InChI is InChI=1S/C19H20ClF3N4O2S2/c1-17(2)16(24)27-18(3,9-31(17,4)29)14-10(20)8-11(30-14)15(28)26-13-7-5-6-12(25-13)19(21,22)23/h5-8H,4,9H2,1-3H3,(H2,24,27)(H,25,26,28)/t18-,31?/m0/s1. The summed E-state index contributed by atoms with van der Waals surface area (Å²) >= 11 is 7.35. The van der Waals surface area contributed by atoms with Gasteiger partial charge in [0.15, 0.2) is 0 Å². The lowest BCUT2D eigenvalue weighted by atomic mass is 10.0. The molecule has 1 aliphatic rings. The molecule has 1 unspecified atom stereocenters. The Hall–Kier alpha value is -2.11. The summed E-state index contributed by atoms with van der Waals surface area (Å²) in [6.07, 6.45) is -4.64. The van der Waals surface area contributed by atoms with Crippen molar-refractivity contribution in [2.45, 2.75) is 37.2 Å². The zero-order chi connectivity index (χ0) is 23.4. The van der Waals surface area contributed by atoms with Gasteiger partial charge >= 0.3 is 6.18 Å². The van der Waals surface area contributed by atoms with Crippen LogP contribution in [0.4, 0.5) is 19.0 Å². The molecule has 6 nitrogen and oxygen atoms in total. The van der Waals surface area contributed by atoms with Gasteiger partial charge in [0.05, 0.1) is 19.5 Å². The normalized spacial score (nSPS) is 25.7. The van der Waals surface area contributed by atoms with Crippen LogP contribution in [0.1, 0.15) is 41.0 Å². The van der Waals surface area contributed by atoms with Crippen LogP contribution < -0.4 is 11.1 Å². The number of anilines is 1. The van der Waals surface area contributed by atoms with Crippen LogP contribution in [0.2, 0.25) is 5.02 Å². The van der Waals surface area contributed by atoms with Crippen LogP contribution >= 0.6 is 22.9 Å². The number of aromatic nitrogens is 1. The molecule has 0 spiro atoms. The molecule has 2 atom stereocenters. The first-order valence-corrected chi connectivity index (χ1v) is 12.0. The number of hydrogen-bond donors (Lipinski definition) is 2. The van der Waals surface area contributed by atoms with E-state index in [1.165, 1.54) is 12.1 Å². The highest BCUT2D eigenvalue weighted by atomic mass is 35.5. The van der Waals surface area contributed by atoms with Gasteiger partial charge in [-0.05, 0) is 54.4 Å². The zero-order valence-electron chi connectivity index (χ0n) is 16.8. The molecule has 0 saturated heterocycles. The molecule has 168 valence electrons. The minimum atomic E-state index is -4.64. The van der Waals surface area contributed by atoms with E-state index in [2.05, 4.69) is 21.2 Å². The van der Waals surface area contributed by atoms with E-state index in [0.717, 1.165) is 23.5 Å². The van der Waals surface area contributed by atoms with E-state index in [1.807, 2.05) is 0 Å². The third-order valence-corrected chi connectivity index (χ3v) is 10.0. The molecule has 3 heterocycles. The molecule has 1 aliphatic heterocycles. The number of nitrogens with two attached hydrogens (primary N) is 1. The number of nitrogens with zero attached hydrogens (tertiary/aromatic N) is 2. The van der Waals surface area contributed by atoms with Gasteiger partial charge in [0.25, 0.3) is 5.91 Å². The van der Waals surface area contributed by atoms with Gasteiger partial charge in [0.1, 0.15) is 22.9 Å². The average Bonchev–Trinajstić information content (AvgIpc) is 3.02. The Morgan fingerprint density at radius 2 is 2.00 bits per heavy atom. The fraction of sp³-hybridized carbons (Fsp3) is 0.368. The molecule has 0 radical (unpaired) electrons. The lowest BCUT2D eigenvalue weighted by molar-refractivity contribution is -0.141. The number of aliphatic imine (C=N–C) groups is 1. The van der Waals surface area contributed by atoms with E-state index in [1.54, 1.807) is 20.8 Å². The Morgan fingerprint density at radius 1 is 1.35 bits per heavy atom. The number of pyridine rings is 1. The van der Waals surface area contributed by atoms with Crippen molar-refractivity contribution in [3.05, 3.63) is 44.7 Å². The molecule has 0 fully saturated rings. The summed E-state index contributed by atoms with van der Waals surface area (Å²) in [6, 6.07) is 4.58. The van der Waals surface area contributed by atoms with Gasteiger partial charge in [-0.25, -0.2) is 4.98 Å². The lowest BCUT2D eigenvalue weighted by Crippen LogP contribution is -2.54. The first-order valence-electron chi connectivity index (χ1n) is 8.92. The van der Waals surface area contributed by atoms with Crippen LogP contribution in [-0.4, -0.2) is 37.3 Å². The van der Waals surface area contributed by atoms with E-state index in [9.17, 15) is 22.2 Å². The van der Waals surface area contributed by atoms with Gasteiger partial charge in [0, 0.05) is 5.75 Å². The molecule has 0 aliphatic carbocycles. The van der Waals surface area contributed by atoms with E-state index >= 15 is 0 Å². The summed E-state index contributed by atoms with van der Waals surface area (Å²) in [7, 11) is -2.69. The molecule has 2 aromatic heterocycles. The van der Waals surface area contributed by atoms with Gasteiger partial charge in [-0.2, -0.15) is 13.2 Å². The fourth-order valence-corrected chi connectivity index (χ4v) is 6.59. The maximum absolute atomic E-state index is 13.2. The van der Waals surface area contributed by atoms with Gasteiger partial charge < -0.3 is 11.1 Å². The van der Waals surface area contributed by atoms with Crippen LogP contribution in [0.3, 0.4) is 0 Å². The number of alkyl halides is 3. The van der Waals surface area contributed by atoms with Crippen molar-refractivity contribution in [1.29, 1.82) is 0 Å². The second kappa shape index (κ2) is 7.49. The Kier molecular flexibility index (Phi) is 5.69. The monoisotopic (exact) mass is 492 g/mol. The second-order valence-electron chi connectivity index (χ2n) is 7.89. The Balaban J connectivity index is 1.93. The van der Waals surface area contributed by atoms with E-state index in [-0.39, 0.29) is 27.3 Å². The number of nitrogens with one attached hydrogen (secondary N) is 1. The van der Waals surface area contributed by atoms with Crippen LogP contribution in [0.15, 0.2) is 29.3 Å². The number of halogens is 4. The number of rotatable bonds is 3. The predicted molar refractivity (Wildman–Crippen MR) is 120 cm³/mol. The molecule has 31 heavy (non-hydrogen) atoms. The third kappa shape index (κ3) is 4.31. The average molecular weight is 493 g/mol. The van der Waals surface area contributed by atoms with Crippen LogP contribution in [0.5, 0.6) is 0 Å². The number of amidine groups is 1. The summed E-state index contributed by atoms with van der Waals surface area (Å²) in [5.41, 5.74) is 3.90. The van der Waals surface area contributed by atoms with E-state index in [4.69, 9.17) is 17.3 Å². The molecular formula is C19H20ClF3N4O2S2. The Bertz CT molecular complexity index is 1190. The van der Waals surface area contributed by atoms with Gasteiger partial charge in [0.2, 0.25) is 0 Å². The highest BCUT2D eigenvalue weighted by molar-refractivity contribution is 8.02. The highest BCUT2D eigenvalue weighted by Crippen LogP contribution is 2.43. The van der Waals surface area contributed by atoms with Crippen molar-refractivity contribution >= 4 is 55.9 Å². The van der Waals surface area contributed by atoms with Crippen LogP contribution in [0.25, 0.3) is 0 Å². The maximum Gasteiger partial charge on any atom is 0.433 e. The number of carbonyl (C=O) groups is 1. The largest absolute Gasteiger partial charge is 0.433 e. The van der Waals surface area contributed by atoms with Gasteiger partial charge in [-0.15, -0.1) is 11.3 Å². The van der Waals surface area contributed by atoms with Gasteiger partial charge in [-0.1, -0.05) is 17.7 Å². The summed E-state index contributed by atoms with van der Waals surface area (Å²) in [5.74, 6) is 3.17. The Labute approximate surface area is 186 Å². The van der Waals surface area contributed by atoms with Crippen LogP contribution in [0, 0.1) is 0 Å². The summed E-state index contributed by atoms with van der Waals surface area (Å²) in [5, 5.41) is 2.55. The molecule has 1 amide bonds. The van der Waals surface area contributed by atoms with Crippen LogP contribution in [-0.2, 0) is 21.2 Å². The number of hydrogen-bond acceptors (Lipinski definition) is 6. The third-order valence-electron chi connectivity index (χ3n) is 5.11. The molecule has 12 heteroatoms. The SMILES string of the molecule is C=S1(=O)C[C@@](C)(c2sc(C(=O)Nc3cccc(C(F)(F)F)n3)cc2Cl)N=C(N)C1(C)C. The minimum absolute atomic E-state index is 0.0736. The van der Waals surface area contributed by atoms with Crippen molar-refractivity contribution in [3.8, 4) is 0 Å². The number of amides is 1. The summed E-state index contributed by atoms with van der Waals surface area (Å²) in [6.45, 7) is 5.11. The number of carbonyl (C=O) groups excluding carboxylic acids is 1. The van der Waals surface area contributed by atoms with E-state index in [0.29, 0.717) is 4.88 Å². The molecule has 3 rings (SSSR count). The van der Waals surface area contributed by atoms with Gasteiger partial charge in [-0.3, -0.25) is 14.0 Å². The predicted octanol–water partition coefficient (Wildman–Crippen LogP) is 4.15. The molecule has 0 aromatic carbocycles. The Morgan fingerprint density at radius 3 is 2.58 bits per heavy atom. The second-order valence-corrected chi connectivity index (χ2v) is 12.3. The summed E-state index contributed by atoms with van der Waals surface area (Å²) < 4.78 is 50.8. The first kappa shape index (κ1) is 23.6. The van der Waals surface area contributed by atoms with Crippen molar-refractivity contribution in [2.75, 3.05) is 11.1 Å². The van der Waals surface area contributed by atoms with Crippen molar-refractivity contribution in [2.24, 2.45) is 10.7 Å². The van der Waals surface area contributed by atoms with Crippen molar-refractivity contribution in [1.82, 2.24) is 4.98 Å². The smallest absolute Gasteiger partial charge is 0.386 e. The highest BCUT2D eigenvalue weighted by Gasteiger charge is 2.46. The topological polar surface area (TPSA) is 97.4 Å². The molecule has 0 saturated carbocycles. The van der Waals surface area contributed by atoms with Crippen molar-refractivity contribution in [3.63, 3.8) is 0 Å². The maximum atomic E-state index is 13.2. The fourth-order valence-electron chi connectivity index (χ4n) is 3.06. The summed E-state index contributed by atoms with van der Waals surface area (Å²) in [4.78, 5) is 21.1. The van der Waals surface area contributed by atoms with Crippen molar-refractivity contribution < 1.29 is 22.2 Å². The molecule has 2 aromatic rings. The number of thiophene rings is 1. The lowest BCUT2D eigenvalue weighted by Gasteiger charge is -2.40. The minimum Gasteiger partial charge on any atom is -0.386 e. The molecular weight excluding hydrogens is 473 g/mol. The molecule has 3 N–H and O–H groups in total. The van der Waals surface area contributed by atoms with E-state index < -0.39 is 37.6 Å². The quantitative estimate of drug-likeness (QED) is 0.629.